The highest BCUT2D eigenvalue weighted by Crippen LogP contribution is 2.31. The van der Waals surface area contributed by atoms with E-state index in [0.29, 0.717) is 12.1 Å². The fourth-order valence-corrected chi connectivity index (χ4v) is 1.94. The van der Waals surface area contributed by atoms with Crippen molar-refractivity contribution in [2.45, 2.75) is 27.2 Å². The zero-order valence-corrected chi connectivity index (χ0v) is 9.36. The molecule has 0 heterocycles. The topological polar surface area (TPSA) is 26.3 Å². The first-order valence-corrected chi connectivity index (χ1v) is 6.25. The van der Waals surface area contributed by atoms with Crippen LogP contribution in [0.25, 0.3) is 0 Å². The van der Waals surface area contributed by atoms with Crippen molar-refractivity contribution in [3.05, 3.63) is 0 Å². The second-order valence-electron chi connectivity index (χ2n) is 3.50. The van der Waals surface area contributed by atoms with Crippen molar-refractivity contribution in [1.82, 2.24) is 0 Å². The third-order valence-electron chi connectivity index (χ3n) is 1.45. The van der Waals surface area contributed by atoms with E-state index in [-0.39, 0.29) is 5.78 Å². The minimum absolute atomic E-state index is 0.230. The predicted octanol–water partition coefficient (Wildman–Crippen LogP) is 2.66. The molecule has 0 aliphatic heterocycles. The number of ketones is 1. The van der Waals surface area contributed by atoms with E-state index >= 15 is 0 Å². The van der Waals surface area contributed by atoms with E-state index in [4.69, 9.17) is 4.52 Å². The van der Waals surface area contributed by atoms with E-state index in [1.165, 1.54) is 0 Å². The van der Waals surface area contributed by atoms with Crippen molar-refractivity contribution in [2.24, 2.45) is 5.92 Å². The van der Waals surface area contributed by atoms with Crippen molar-refractivity contribution in [3.63, 3.8) is 0 Å². The summed E-state index contributed by atoms with van der Waals surface area (Å²) >= 11 is 0. The van der Waals surface area contributed by atoms with E-state index in [0.717, 1.165) is 13.0 Å². The summed E-state index contributed by atoms with van der Waals surface area (Å²) in [5, 5.41) is 0. The normalized spacial score (nSPS) is 13.4. The number of rotatable bonds is 6. The first kappa shape index (κ1) is 12.1. The van der Waals surface area contributed by atoms with Crippen LogP contribution in [0.1, 0.15) is 27.2 Å². The highest BCUT2D eigenvalue weighted by atomic mass is 31.1. The molecule has 0 bridgehead atoms. The molecule has 0 amide bonds. The molecule has 0 rings (SSSR count). The Morgan fingerprint density at radius 2 is 2.08 bits per heavy atom. The minimum Gasteiger partial charge on any atom is -0.359 e. The van der Waals surface area contributed by atoms with Crippen LogP contribution in [0.3, 0.4) is 0 Å². The van der Waals surface area contributed by atoms with Crippen LogP contribution < -0.4 is 0 Å². The molecule has 0 radical (unpaired) electrons. The smallest absolute Gasteiger partial charge is 0.136 e. The molecule has 1 unspecified atom stereocenters. The van der Waals surface area contributed by atoms with Crippen LogP contribution in [-0.4, -0.2) is 25.2 Å². The highest BCUT2D eigenvalue weighted by molar-refractivity contribution is 7.52. The third kappa shape index (κ3) is 8.16. The van der Waals surface area contributed by atoms with E-state index in [9.17, 15) is 4.79 Å². The lowest BCUT2D eigenvalue weighted by atomic mass is 10.2. The standard InChI is InChI=1S/C9H19O2P/c1-8(2)5-6-11-12(4)7-9(3)10/h8H,5-7H2,1-4H3. The van der Waals surface area contributed by atoms with Crippen LogP contribution in [0.15, 0.2) is 0 Å². The summed E-state index contributed by atoms with van der Waals surface area (Å²) in [6, 6.07) is 0. The van der Waals surface area contributed by atoms with Crippen LogP contribution in [0, 0.1) is 5.92 Å². The average Bonchev–Trinajstić information content (AvgIpc) is 1.84. The molecule has 12 heavy (non-hydrogen) atoms. The Bertz CT molecular complexity index is 134. The summed E-state index contributed by atoms with van der Waals surface area (Å²) in [7, 11) is -0.500. The van der Waals surface area contributed by atoms with Crippen LogP contribution >= 0.6 is 8.15 Å². The SMILES string of the molecule is CC(=O)CP(C)OCCC(C)C. The lowest BCUT2D eigenvalue weighted by molar-refractivity contribution is -0.114. The van der Waals surface area contributed by atoms with E-state index in [1.807, 2.05) is 6.66 Å². The number of carbonyl (C=O) groups is 1. The molecule has 0 N–H and O–H groups in total. The number of hydrogen-bond acceptors (Lipinski definition) is 2. The molecule has 0 aliphatic rings. The Morgan fingerprint density at radius 3 is 2.50 bits per heavy atom. The van der Waals surface area contributed by atoms with Crippen LogP contribution in [0.5, 0.6) is 0 Å². The van der Waals surface area contributed by atoms with Crippen molar-refractivity contribution in [1.29, 1.82) is 0 Å². The van der Waals surface area contributed by atoms with Gasteiger partial charge in [0.05, 0.1) is 12.8 Å². The van der Waals surface area contributed by atoms with Crippen LogP contribution in [0.2, 0.25) is 0 Å². The van der Waals surface area contributed by atoms with Crippen LogP contribution in [0.4, 0.5) is 0 Å². The summed E-state index contributed by atoms with van der Waals surface area (Å²) in [4.78, 5) is 10.7. The van der Waals surface area contributed by atoms with Crippen molar-refractivity contribution < 1.29 is 9.32 Å². The Kier molecular flexibility index (Phi) is 6.60. The third-order valence-corrected chi connectivity index (χ3v) is 2.97. The summed E-state index contributed by atoms with van der Waals surface area (Å²) in [6.45, 7) is 8.77. The van der Waals surface area contributed by atoms with E-state index in [2.05, 4.69) is 13.8 Å². The van der Waals surface area contributed by atoms with E-state index < -0.39 is 8.15 Å². The second kappa shape index (κ2) is 6.56. The van der Waals surface area contributed by atoms with E-state index in [1.54, 1.807) is 6.92 Å². The molecular formula is C9H19O2P. The van der Waals surface area contributed by atoms with Gasteiger partial charge in [0, 0.05) is 8.15 Å². The molecule has 0 saturated carbocycles. The second-order valence-corrected chi connectivity index (χ2v) is 5.33. The molecule has 0 aromatic rings. The monoisotopic (exact) mass is 190 g/mol. The van der Waals surface area contributed by atoms with Crippen LogP contribution in [-0.2, 0) is 9.32 Å². The first-order valence-electron chi connectivity index (χ1n) is 4.36. The molecular weight excluding hydrogens is 171 g/mol. The van der Waals surface area contributed by atoms with Gasteiger partial charge >= 0.3 is 0 Å². The maximum Gasteiger partial charge on any atom is 0.136 e. The van der Waals surface area contributed by atoms with Gasteiger partial charge in [-0.3, -0.25) is 4.79 Å². The molecule has 0 aliphatic carbocycles. The zero-order valence-electron chi connectivity index (χ0n) is 8.46. The molecule has 0 spiro atoms. The van der Waals surface area contributed by atoms with Gasteiger partial charge in [0.1, 0.15) is 5.78 Å². The maximum absolute atomic E-state index is 10.7. The van der Waals surface area contributed by atoms with Gasteiger partial charge in [-0.05, 0) is 25.9 Å². The molecule has 0 saturated heterocycles. The molecule has 0 fully saturated rings. The van der Waals surface area contributed by atoms with Gasteiger partial charge in [0.15, 0.2) is 0 Å². The van der Waals surface area contributed by atoms with Gasteiger partial charge in [0.25, 0.3) is 0 Å². The Balaban J connectivity index is 3.31. The lowest BCUT2D eigenvalue weighted by Crippen LogP contribution is -2.01. The molecule has 0 aromatic carbocycles. The summed E-state index contributed by atoms with van der Waals surface area (Å²) in [6.07, 6.45) is 1.69. The van der Waals surface area contributed by atoms with Gasteiger partial charge in [-0.1, -0.05) is 13.8 Å². The largest absolute Gasteiger partial charge is 0.359 e. The highest BCUT2D eigenvalue weighted by Gasteiger charge is 2.05. The molecule has 0 aromatic heterocycles. The fraction of sp³-hybridized carbons (Fsp3) is 0.889. The molecule has 2 nitrogen and oxygen atoms in total. The van der Waals surface area contributed by atoms with Gasteiger partial charge in [-0.25, -0.2) is 0 Å². The summed E-state index contributed by atoms with van der Waals surface area (Å²) < 4.78 is 5.51. The van der Waals surface area contributed by atoms with Gasteiger partial charge in [-0.15, -0.1) is 0 Å². The Hall–Kier alpha value is 0.0600. The molecule has 3 heteroatoms. The molecule has 1 atom stereocenters. The fourth-order valence-electron chi connectivity index (χ4n) is 0.803. The molecule has 72 valence electrons. The van der Waals surface area contributed by atoms with Gasteiger partial charge in [-0.2, -0.15) is 0 Å². The van der Waals surface area contributed by atoms with Gasteiger partial charge in [0.2, 0.25) is 0 Å². The maximum atomic E-state index is 10.7. The minimum atomic E-state index is -0.500. The zero-order chi connectivity index (χ0) is 9.56. The average molecular weight is 190 g/mol. The first-order chi connectivity index (χ1) is 5.52. The van der Waals surface area contributed by atoms with Crippen molar-refractivity contribution in [2.75, 3.05) is 19.4 Å². The van der Waals surface area contributed by atoms with Crippen molar-refractivity contribution >= 4 is 13.9 Å². The quantitative estimate of drug-likeness (QED) is 0.602. The Labute approximate surface area is 76.5 Å². The van der Waals surface area contributed by atoms with Gasteiger partial charge < -0.3 is 4.52 Å². The number of hydrogen-bond donors (Lipinski definition) is 0. The predicted molar refractivity (Wildman–Crippen MR) is 53.8 cm³/mol. The number of carbonyl (C=O) groups excluding carboxylic acids is 1. The summed E-state index contributed by atoms with van der Waals surface area (Å²) in [5.74, 6) is 0.916. The van der Waals surface area contributed by atoms with Crippen molar-refractivity contribution in [3.8, 4) is 0 Å². The number of Topliss-reactive ketones (excluding diaryl/α,β-unsaturated/α-hetero) is 1. The Morgan fingerprint density at radius 1 is 1.50 bits per heavy atom. The lowest BCUT2D eigenvalue weighted by Gasteiger charge is -2.11. The summed E-state index contributed by atoms with van der Waals surface area (Å²) in [5.41, 5.74) is 0.